The van der Waals surface area contributed by atoms with Gasteiger partial charge in [-0.25, -0.2) is 4.98 Å². The number of rotatable bonds is 2. The molecule has 0 fully saturated rings. The van der Waals surface area contributed by atoms with Crippen molar-refractivity contribution in [3.05, 3.63) is 72.8 Å². The van der Waals surface area contributed by atoms with Crippen LogP contribution in [-0.4, -0.2) is 19.8 Å². The molecule has 0 aliphatic rings. The minimum Gasteiger partial charge on any atom is -0.508 e. The number of hydrogen-bond acceptors (Lipinski definition) is 3. The molecule has 112 valence electrons. The number of fused-ring (bicyclic) bond motifs is 1. The van der Waals surface area contributed by atoms with Crippen LogP contribution in [0.1, 0.15) is 0 Å². The van der Waals surface area contributed by atoms with Gasteiger partial charge >= 0.3 is 0 Å². The molecule has 0 atom stereocenters. The summed E-state index contributed by atoms with van der Waals surface area (Å²) < 4.78 is 2.04. The molecule has 0 aliphatic carbocycles. The fraction of sp³-hybridized carbons (Fsp3) is 0. The summed E-state index contributed by atoms with van der Waals surface area (Å²) in [7, 11) is 0. The molecule has 1 heterocycles. The van der Waals surface area contributed by atoms with Crippen LogP contribution in [0.4, 0.5) is 0 Å². The molecule has 23 heavy (non-hydrogen) atoms. The first-order chi connectivity index (χ1) is 11.2. The van der Waals surface area contributed by atoms with Crippen molar-refractivity contribution in [1.29, 1.82) is 0 Å². The normalized spacial score (nSPS) is 11.0. The van der Waals surface area contributed by atoms with E-state index in [0.29, 0.717) is 0 Å². The first-order valence-corrected chi connectivity index (χ1v) is 7.29. The van der Waals surface area contributed by atoms with Gasteiger partial charge in [-0.15, -0.1) is 0 Å². The molecule has 4 nitrogen and oxygen atoms in total. The molecular formula is C19H14N2O2. The number of benzene rings is 3. The lowest BCUT2D eigenvalue weighted by molar-refractivity contribution is 0.475. The van der Waals surface area contributed by atoms with Crippen LogP contribution >= 0.6 is 0 Å². The molecule has 0 bridgehead atoms. The maximum Gasteiger partial charge on any atom is 0.145 e. The molecular weight excluding hydrogens is 288 g/mol. The fourth-order valence-electron chi connectivity index (χ4n) is 2.71. The van der Waals surface area contributed by atoms with Crippen LogP contribution < -0.4 is 0 Å². The van der Waals surface area contributed by atoms with Gasteiger partial charge in [0.15, 0.2) is 0 Å². The van der Waals surface area contributed by atoms with E-state index in [4.69, 9.17) is 0 Å². The Bertz CT molecular complexity index is 974. The molecule has 0 saturated heterocycles. The number of phenols is 2. The Morgan fingerprint density at radius 2 is 1.43 bits per heavy atom. The molecule has 0 aliphatic heterocycles. The monoisotopic (exact) mass is 302 g/mol. The van der Waals surface area contributed by atoms with Gasteiger partial charge in [-0.1, -0.05) is 18.2 Å². The van der Waals surface area contributed by atoms with Gasteiger partial charge < -0.3 is 10.2 Å². The van der Waals surface area contributed by atoms with Crippen molar-refractivity contribution >= 4 is 11.0 Å². The van der Waals surface area contributed by atoms with Crippen LogP contribution in [-0.2, 0) is 0 Å². The summed E-state index contributed by atoms with van der Waals surface area (Å²) in [5, 5.41) is 19.2. The Balaban J connectivity index is 2.04. The van der Waals surface area contributed by atoms with Crippen LogP contribution in [0.25, 0.3) is 28.1 Å². The van der Waals surface area contributed by atoms with Gasteiger partial charge in [0.1, 0.15) is 17.3 Å². The summed E-state index contributed by atoms with van der Waals surface area (Å²) in [6.07, 6.45) is 0. The number of phenolic OH excluding ortho intramolecular Hbond substituents is 2. The van der Waals surface area contributed by atoms with E-state index in [1.165, 1.54) is 0 Å². The maximum atomic E-state index is 9.73. The molecule has 3 aromatic carbocycles. The summed E-state index contributed by atoms with van der Waals surface area (Å²) in [6, 6.07) is 22.0. The van der Waals surface area contributed by atoms with Crippen LogP contribution in [0.5, 0.6) is 11.5 Å². The minimum absolute atomic E-state index is 0.187. The summed E-state index contributed by atoms with van der Waals surface area (Å²) in [5.41, 5.74) is 3.51. The maximum absolute atomic E-state index is 9.73. The van der Waals surface area contributed by atoms with Crippen LogP contribution in [0.3, 0.4) is 0 Å². The lowest BCUT2D eigenvalue weighted by atomic mass is 10.2. The molecule has 0 saturated carbocycles. The molecule has 0 amide bonds. The Morgan fingerprint density at radius 3 is 2.17 bits per heavy atom. The van der Waals surface area contributed by atoms with E-state index in [2.05, 4.69) is 4.98 Å². The van der Waals surface area contributed by atoms with Crippen molar-refractivity contribution in [3.63, 3.8) is 0 Å². The quantitative estimate of drug-likeness (QED) is 0.586. The predicted molar refractivity (Wildman–Crippen MR) is 89.8 cm³/mol. The van der Waals surface area contributed by atoms with Gasteiger partial charge in [-0.05, 0) is 48.5 Å². The standard InChI is InChI=1S/C19H14N2O2/c22-15-8-6-13(7-9-15)19-20-17-12-16(23)10-11-18(17)21(19)14-4-2-1-3-5-14/h1-12,22-23H. The molecule has 2 N–H and O–H groups in total. The molecule has 0 spiro atoms. The zero-order valence-electron chi connectivity index (χ0n) is 12.2. The highest BCUT2D eigenvalue weighted by Crippen LogP contribution is 2.30. The zero-order valence-corrected chi connectivity index (χ0v) is 12.2. The molecule has 4 aromatic rings. The Hall–Kier alpha value is -3.27. The van der Waals surface area contributed by atoms with E-state index >= 15 is 0 Å². The minimum atomic E-state index is 0.187. The lowest BCUT2D eigenvalue weighted by Crippen LogP contribution is -1.96. The number of imidazole rings is 1. The van der Waals surface area contributed by atoms with Gasteiger partial charge in [0.25, 0.3) is 0 Å². The smallest absolute Gasteiger partial charge is 0.145 e. The van der Waals surface area contributed by atoms with Crippen molar-refractivity contribution < 1.29 is 10.2 Å². The average Bonchev–Trinajstić information content (AvgIpc) is 2.94. The Labute approximate surface area is 132 Å². The van der Waals surface area contributed by atoms with Crippen LogP contribution in [0.2, 0.25) is 0 Å². The third-order valence-corrected chi connectivity index (χ3v) is 3.78. The fourth-order valence-corrected chi connectivity index (χ4v) is 2.71. The zero-order chi connectivity index (χ0) is 15.8. The van der Waals surface area contributed by atoms with Gasteiger partial charge in [-0.3, -0.25) is 4.57 Å². The number of nitrogens with zero attached hydrogens (tertiary/aromatic N) is 2. The van der Waals surface area contributed by atoms with E-state index in [1.54, 1.807) is 24.3 Å². The number of hydrogen-bond donors (Lipinski definition) is 2. The van der Waals surface area contributed by atoms with E-state index in [1.807, 2.05) is 53.1 Å². The molecule has 0 unspecified atom stereocenters. The van der Waals surface area contributed by atoms with E-state index in [9.17, 15) is 10.2 Å². The molecule has 4 heteroatoms. The Morgan fingerprint density at radius 1 is 0.739 bits per heavy atom. The first kappa shape index (κ1) is 13.4. The summed E-state index contributed by atoms with van der Waals surface area (Å²) in [4.78, 5) is 4.67. The first-order valence-electron chi connectivity index (χ1n) is 7.29. The van der Waals surface area contributed by atoms with Crippen LogP contribution in [0.15, 0.2) is 72.8 Å². The van der Waals surface area contributed by atoms with Crippen molar-refractivity contribution in [3.8, 4) is 28.6 Å². The second-order valence-electron chi connectivity index (χ2n) is 5.33. The third-order valence-electron chi connectivity index (χ3n) is 3.78. The van der Waals surface area contributed by atoms with Crippen molar-refractivity contribution in [2.24, 2.45) is 0 Å². The van der Waals surface area contributed by atoms with E-state index < -0.39 is 0 Å². The lowest BCUT2D eigenvalue weighted by Gasteiger charge is -2.09. The third kappa shape index (κ3) is 2.30. The molecule has 1 aromatic heterocycles. The summed E-state index contributed by atoms with van der Waals surface area (Å²) >= 11 is 0. The van der Waals surface area contributed by atoms with Gasteiger partial charge in [0.05, 0.1) is 11.0 Å². The predicted octanol–water partition coefficient (Wildman–Crippen LogP) is 4.10. The van der Waals surface area contributed by atoms with Crippen LogP contribution in [0, 0.1) is 0 Å². The summed E-state index contributed by atoms with van der Waals surface area (Å²) in [5.74, 6) is 1.16. The second-order valence-corrected chi connectivity index (χ2v) is 5.33. The van der Waals surface area contributed by atoms with Gasteiger partial charge in [-0.2, -0.15) is 0 Å². The highest BCUT2D eigenvalue weighted by molar-refractivity contribution is 5.84. The summed E-state index contributed by atoms with van der Waals surface area (Å²) in [6.45, 7) is 0. The topological polar surface area (TPSA) is 58.3 Å². The van der Waals surface area contributed by atoms with E-state index in [0.717, 1.165) is 28.1 Å². The second kappa shape index (κ2) is 5.18. The van der Waals surface area contributed by atoms with Crippen molar-refractivity contribution in [1.82, 2.24) is 9.55 Å². The van der Waals surface area contributed by atoms with Gasteiger partial charge in [0.2, 0.25) is 0 Å². The average molecular weight is 302 g/mol. The molecule has 0 radical (unpaired) electrons. The highest BCUT2D eigenvalue weighted by Gasteiger charge is 2.14. The Kier molecular flexibility index (Phi) is 3.01. The number of aromatic nitrogens is 2. The highest BCUT2D eigenvalue weighted by atomic mass is 16.3. The van der Waals surface area contributed by atoms with Gasteiger partial charge in [0, 0.05) is 17.3 Å². The number of para-hydroxylation sites is 1. The number of aromatic hydroxyl groups is 2. The van der Waals surface area contributed by atoms with Crippen molar-refractivity contribution in [2.75, 3.05) is 0 Å². The largest absolute Gasteiger partial charge is 0.508 e. The molecule has 4 rings (SSSR count). The SMILES string of the molecule is Oc1ccc(-c2nc3cc(O)ccc3n2-c2ccccc2)cc1. The van der Waals surface area contributed by atoms with Crippen molar-refractivity contribution in [2.45, 2.75) is 0 Å². The van der Waals surface area contributed by atoms with E-state index in [-0.39, 0.29) is 11.5 Å².